The molecule has 2 aromatic heterocycles. The highest BCUT2D eigenvalue weighted by atomic mass is 15.0. The lowest BCUT2D eigenvalue weighted by atomic mass is 9.74. The van der Waals surface area contributed by atoms with Crippen molar-refractivity contribution in [3.63, 3.8) is 0 Å². The molecule has 2 heterocycles. The lowest BCUT2D eigenvalue weighted by molar-refractivity contribution is 0.590. The van der Waals surface area contributed by atoms with Crippen LogP contribution in [0.2, 0.25) is 0 Å². The Labute approximate surface area is 379 Å². The van der Waals surface area contributed by atoms with E-state index in [4.69, 9.17) is 9.97 Å². The van der Waals surface area contributed by atoms with Gasteiger partial charge in [0.05, 0.1) is 22.1 Å². The molecule has 0 spiro atoms. The standard InChI is InChI=1S/C62H47N3/c1-38-32-40(41-21-26-49-48-16-7-8-18-54(48)60-61(55(49)34-41)64-31-30-63-60)20-25-47(38)45-13-11-12-39(33-45)42-22-27-50-51-28-23-43(36-57(51)62(2,3)56(50)35-42)44-24-29-53-52-17-9-10-19-58(52)65(59(53)37-44)46-14-5-4-6-15-46/h4-34,36-38,42,47H,35H2,1-3H3. The van der Waals surface area contributed by atoms with Crippen molar-refractivity contribution < 1.29 is 0 Å². The molecule has 3 nitrogen and oxygen atoms in total. The van der Waals surface area contributed by atoms with Crippen molar-refractivity contribution in [2.45, 2.75) is 44.4 Å². The molecule has 0 N–H and O–H groups in total. The van der Waals surface area contributed by atoms with Gasteiger partial charge in [-0.3, -0.25) is 9.97 Å². The fourth-order valence-corrected chi connectivity index (χ4v) is 11.7. The molecule has 8 aromatic carbocycles. The average molecular weight is 834 g/mol. The van der Waals surface area contributed by atoms with Gasteiger partial charge >= 0.3 is 0 Å². The van der Waals surface area contributed by atoms with Gasteiger partial charge in [0.2, 0.25) is 0 Å². The second-order valence-electron chi connectivity index (χ2n) is 19.0. The van der Waals surface area contributed by atoms with Crippen LogP contribution in [0.3, 0.4) is 0 Å². The van der Waals surface area contributed by atoms with E-state index in [0.717, 1.165) is 28.2 Å². The van der Waals surface area contributed by atoms with Crippen LogP contribution < -0.4 is 0 Å². The van der Waals surface area contributed by atoms with E-state index in [2.05, 4.69) is 213 Å². The smallest absolute Gasteiger partial charge is 0.0971 e. The van der Waals surface area contributed by atoms with Crippen LogP contribution in [0.4, 0.5) is 0 Å². The monoisotopic (exact) mass is 833 g/mol. The second-order valence-corrected chi connectivity index (χ2v) is 19.0. The summed E-state index contributed by atoms with van der Waals surface area (Å²) in [4.78, 5) is 9.59. The fourth-order valence-electron chi connectivity index (χ4n) is 11.7. The van der Waals surface area contributed by atoms with Gasteiger partial charge < -0.3 is 4.57 Å². The minimum absolute atomic E-state index is 0.0825. The first-order valence-electron chi connectivity index (χ1n) is 23.1. The molecule has 3 aliphatic carbocycles. The number of fused-ring (bicyclic) bond motifs is 11. The summed E-state index contributed by atoms with van der Waals surface area (Å²) >= 11 is 0. The van der Waals surface area contributed by atoms with E-state index in [-0.39, 0.29) is 5.41 Å². The summed E-state index contributed by atoms with van der Waals surface area (Å²) in [5.74, 6) is 0.964. The van der Waals surface area contributed by atoms with Crippen LogP contribution in [0.1, 0.15) is 66.8 Å². The molecule has 3 unspecified atom stereocenters. The number of hydrogen-bond donors (Lipinski definition) is 0. The molecule has 13 rings (SSSR count). The molecule has 0 bridgehead atoms. The van der Waals surface area contributed by atoms with Crippen molar-refractivity contribution in [1.29, 1.82) is 0 Å². The fraction of sp³-hybridized carbons (Fsp3) is 0.129. The summed E-state index contributed by atoms with van der Waals surface area (Å²) in [5, 5.41) is 7.29. The van der Waals surface area contributed by atoms with E-state index in [0.29, 0.717) is 17.8 Å². The molecule has 3 aliphatic rings. The molecule has 0 saturated heterocycles. The maximum absolute atomic E-state index is 4.83. The Bertz CT molecular complexity index is 3710. The molecule has 0 radical (unpaired) electrons. The molecular formula is C62H47N3. The van der Waals surface area contributed by atoms with Gasteiger partial charge in [0, 0.05) is 56.9 Å². The van der Waals surface area contributed by atoms with Crippen LogP contribution in [0.25, 0.3) is 82.3 Å². The van der Waals surface area contributed by atoms with Crippen molar-refractivity contribution in [1.82, 2.24) is 14.5 Å². The molecule has 10 aromatic rings. The Morgan fingerprint density at radius 1 is 0.538 bits per heavy atom. The van der Waals surface area contributed by atoms with Crippen molar-refractivity contribution in [3.05, 3.63) is 234 Å². The van der Waals surface area contributed by atoms with Crippen LogP contribution in [0.15, 0.2) is 206 Å². The van der Waals surface area contributed by atoms with E-state index < -0.39 is 0 Å². The highest BCUT2D eigenvalue weighted by Crippen LogP contribution is 2.53. The first-order chi connectivity index (χ1) is 31.9. The Morgan fingerprint density at radius 2 is 1.22 bits per heavy atom. The predicted molar refractivity (Wildman–Crippen MR) is 273 cm³/mol. The van der Waals surface area contributed by atoms with Gasteiger partial charge in [0.15, 0.2) is 0 Å². The van der Waals surface area contributed by atoms with Gasteiger partial charge in [0.25, 0.3) is 0 Å². The molecule has 65 heavy (non-hydrogen) atoms. The zero-order chi connectivity index (χ0) is 43.4. The van der Waals surface area contributed by atoms with Gasteiger partial charge in [-0.25, -0.2) is 0 Å². The summed E-state index contributed by atoms with van der Waals surface area (Å²) < 4.78 is 2.41. The van der Waals surface area contributed by atoms with Crippen molar-refractivity contribution in [2.24, 2.45) is 5.92 Å². The number of hydrogen-bond acceptors (Lipinski definition) is 2. The predicted octanol–water partition coefficient (Wildman–Crippen LogP) is 15.9. The highest BCUT2D eigenvalue weighted by Gasteiger charge is 2.39. The van der Waals surface area contributed by atoms with Gasteiger partial charge in [-0.05, 0) is 110 Å². The van der Waals surface area contributed by atoms with Gasteiger partial charge in [-0.2, -0.15) is 0 Å². The maximum Gasteiger partial charge on any atom is 0.0971 e. The normalized spacial score (nSPS) is 18.8. The third kappa shape index (κ3) is 5.88. The van der Waals surface area contributed by atoms with Gasteiger partial charge in [0.1, 0.15) is 0 Å². The summed E-state index contributed by atoms with van der Waals surface area (Å²) in [6.45, 7) is 7.24. The van der Waals surface area contributed by atoms with E-state index in [9.17, 15) is 0 Å². The first kappa shape index (κ1) is 37.9. The van der Waals surface area contributed by atoms with Crippen molar-refractivity contribution in [2.75, 3.05) is 0 Å². The van der Waals surface area contributed by atoms with Crippen molar-refractivity contribution in [3.8, 4) is 16.8 Å². The third-order valence-corrected chi connectivity index (χ3v) is 15.0. The maximum atomic E-state index is 4.83. The molecule has 0 saturated carbocycles. The SMILES string of the molecule is CC1C=C(c2ccc3c4ccccc4c4nccnc4c3c2)C=CC1c1cccc(C2C=CC3=C(C2)C(C)(C)c2cc(-c4ccc5c6ccccc6n(-c6ccccc6)c5c4)ccc23)c1. The number of benzene rings is 8. The number of para-hydroxylation sites is 2. The van der Waals surface area contributed by atoms with Crippen LogP contribution in [0.5, 0.6) is 0 Å². The summed E-state index contributed by atoms with van der Waals surface area (Å²) in [6.07, 6.45) is 16.7. The second kappa shape index (κ2) is 14.5. The zero-order valence-corrected chi connectivity index (χ0v) is 36.8. The number of rotatable bonds is 5. The quantitative estimate of drug-likeness (QED) is 0.162. The first-order valence-corrected chi connectivity index (χ1v) is 23.1. The highest BCUT2D eigenvalue weighted by molar-refractivity contribution is 6.23. The third-order valence-electron chi connectivity index (χ3n) is 15.0. The molecule has 3 atom stereocenters. The van der Waals surface area contributed by atoms with Crippen molar-refractivity contribution >= 4 is 65.5 Å². The van der Waals surface area contributed by atoms with Crippen LogP contribution in [-0.4, -0.2) is 14.5 Å². The average Bonchev–Trinajstić information content (AvgIpc) is 3.81. The zero-order valence-electron chi connectivity index (χ0n) is 36.8. The lowest BCUT2D eigenvalue weighted by Crippen LogP contribution is -2.20. The molecule has 310 valence electrons. The Kier molecular flexibility index (Phi) is 8.43. The Hall–Kier alpha value is -7.62. The number of allylic oxidation sites excluding steroid dienone is 8. The minimum atomic E-state index is -0.0825. The van der Waals surface area contributed by atoms with Gasteiger partial charge in [-0.15, -0.1) is 0 Å². The molecule has 0 amide bonds. The lowest BCUT2D eigenvalue weighted by Gasteiger charge is -2.30. The Morgan fingerprint density at radius 3 is 2.06 bits per heavy atom. The summed E-state index contributed by atoms with van der Waals surface area (Å²) in [5.41, 5.74) is 19.0. The molecule has 3 heteroatoms. The van der Waals surface area contributed by atoms with Crippen LogP contribution in [0, 0.1) is 5.92 Å². The summed E-state index contributed by atoms with van der Waals surface area (Å²) in [6, 6.07) is 58.5. The number of nitrogens with zero attached hydrogens (tertiary/aromatic N) is 3. The largest absolute Gasteiger partial charge is 0.309 e. The summed E-state index contributed by atoms with van der Waals surface area (Å²) in [7, 11) is 0. The molecule has 0 aliphatic heterocycles. The number of aromatic nitrogens is 3. The molecular weight excluding hydrogens is 787 g/mol. The molecule has 0 fully saturated rings. The Balaban J connectivity index is 0.771. The van der Waals surface area contributed by atoms with E-state index >= 15 is 0 Å². The van der Waals surface area contributed by atoms with Gasteiger partial charge in [-0.1, -0.05) is 178 Å². The van der Waals surface area contributed by atoms with E-state index in [1.807, 2.05) is 0 Å². The minimum Gasteiger partial charge on any atom is -0.309 e. The van der Waals surface area contributed by atoms with E-state index in [1.54, 1.807) is 18.0 Å². The van der Waals surface area contributed by atoms with E-state index in [1.165, 1.54) is 88.4 Å². The van der Waals surface area contributed by atoms with Crippen LogP contribution in [-0.2, 0) is 5.41 Å². The topological polar surface area (TPSA) is 30.7 Å². The van der Waals surface area contributed by atoms with Crippen LogP contribution >= 0.6 is 0 Å².